The van der Waals surface area contributed by atoms with Crippen molar-refractivity contribution in [2.45, 2.75) is 24.4 Å². The van der Waals surface area contributed by atoms with Crippen LogP contribution in [0.1, 0.15) is 24.1 Å². The third kappa shape index (κ3) is 3.32. The minimum Gasteiger partial charge on any atom is -0.356 e. The van der Waals surface area contributed by atoms with Crippen molar-refractivity contribution in [3.05, 3.63) is 71.9 Å². The number of hydrogen-bond acceptors (Lipinski definition) is 3. The molecule has 0 aliphatic heterocycles. The molecule has 1 aromatic heterocycles. The highest BCUT2D eigenvalue weighted by Gasteiger charge is 2.54. The summed E-state index contributed by atoms with van der Waals surface area (Å²) in [5.41, 5.74) is -0.230. The summed E-state index contributed by atoms with van der Waals surface area (Å²) in [6.07, 6.45) is -3.33. The van der Waals surface area contributed by atoms with Crippen molar-refractivity contribution in [2.24, 2.45) is 0 Å². The van der Waals surface area contributed by atoms with E-state index in [1.807, 2.05) is 30.3 Å². The summed E-state index contributed by atoms with van der Waals surface area (Å²) in [6.45, 7) is 0. The number of hydrogen-bond donors (Lipinski definition) is 1. The van der Waals surface area contributed by atoms with E-state index in [0.29, 0.717) is 24.3 Å². The largest absolute Gasteiger partial charge is 0.416 e. The zero-order chi connectivity index (χ0) is 19.1. The van der Waals surface area contributed by atoms with E-state index in [1.165, 1.54) is 12.1 Å². The molecule has 4 nitrogen and oxygen atoms in total. The second-order valence-electron chi connectivity index (χ2n) is 6.56. The summed E-state index contributed by atoms with van der Waals surface area (Å²) in [7, 11) is 0. The fourth-order valence-electron chi connectivity index (χ4n) is 2.99. The van der Waals surface area contributed by atoms with E-state index in [1.54, 1.807) is 6.07 Å². The first-order valence-corrected chi connectivity index (χ1v) is 8.40. The van der Waals surface area contributed by atoms with Gasteiger partial charge in [-0.1, -0.05) is 41.6 Å². The topological polar surface area (TPSA) is 55.1 Å². The molecule has 1 aliphatic rings. The predicted octanol–water partition coefficient (Wildman–Crippen LogP) is 5.03. The van der Waals surface area contributed by atoms with Crippen molar-refractivity contribution in [1.29, 1.82) is 0 Å². The van der Waals surface area contributed by atoms with Gasteiger partial charge in [0.2, 0.25) is 5.91 Å². The number of nitrogens with one attached hydrogen (secondary N) is 1. The van der Waals surface area contributed by atoms with Crippen molar-refractivity contribution in [3.8, 4) is 11.3 Å². The Balaban J connectivity index is 1.55. The van der Waals surface area contributed by atoms with Crippen molar-refractivity contribution < 1.29 is 22.5 Å². The molecule has 2 aromatic carbocycles. The fourth-order valence-corrected chi connectivity index (χ4v) is 2.99. The summed E-state index contributed by atoms with van der Waals surface area (Å²) in [6, 6.07) is 15.6. The minimum absolute atomic E-state index is 0.105. The molecule has 1 saturated carbocycles. The van der Waals surface area contributed by atoms with Gasteiger partial charge in [0.15, 0.2) is 5.76 Å². The lowest BCUT2D eigenvalue weighted by Crippen LogP contribution is -2.28. The van der Waals surface area contributed by atoms with Gasteiger partial charge in [-0.25, -0.2) is 0 Å². The second kappa shape index (κ2) is 6.26. The number of aromatic nitrogens is 1. The van der Waals surface area contributed by atoms with Crippen LogP contribution in [0.3, 0.4) is 0 Å². The molecule has 7 heteroatoms. The Morgan fingerprint density at radius 2 is 1.78 bits per heavy atom. The zero-order valence-electron chi connectivity index (χ0n) is 14.1. The molecular weight excluding hydrogens is 357 g/mol. The van der Waals surface area contributed by atoms with Gasteiger partial charge in [0.1, 0.15) is 0 Å². The van der Waals surface area contributed by atoms with Crippen LogP contribution < -0.4 is 5.32 Å². The molecule has 1 N–H and O–H groups in total. The average molecular weight is 372 g/mol. The number of halogens is 3. The van der Waals surface area contributed by atoms with Crippen LogP contribution in [-0.2, 0) is 16.4 Å². The monoisotopic (exact) mass is 372 g/mol. The Morgan fingerprint density at radius 3 is 2.44 bits per heavy atom. The van der Waals surface area contributed by atoms with Crippen molar-refractivity contribution in [3.63, 3.8) is 0 Å². The molecule has 0 unspecified atom stereocenters. The number of nitrogens with zero attached hydrogens (tertiary/aromatic N) is 1. The van der Waals surface area contributed by atoms with Gasteiger partial charge in [-0.05, 0) is 31.0 Å². The quantitative estimate of drug-likeness (QED) is 0.699. The first-order chi connectivity index (χ1) is 12.9. The highest BCUT2D eigenvalue weighted by atomic mass is 19.4. The number of carbonyl (C=O) groups is 1. The third-order valence-corrected chi connectivity index (χ3v) is 4.69. The third-order valence-electron chi connectivity index (χ3n) is 4.69. The summed E-state index contributed by atoms with van der Waals surface area (Å²) in [5.74, 6) is 0.165. The Kier molecular flexibility index (Phi) is 4.02. The molecule has 0 spiro atoms. The molecule has 1 fully saturated rings. The average Bonchev–Trinajstić information content (AvgIpc) is 3.32. The summed E-state index contributed by atoms with van der Waals surface area (Å²) in [5, 5.41) is 6.61. The smallest absolute Gasteiger partial charge is 0.356 e. The van der Waals surface area contributed by atoms with E-state index in [4.69, 9.17) is 4.52 Å². The van der Waals surface area contributed by atoms with E-state index in [-0.39, 0.29) is 11.6 Å². The first kappa shape index (κ1) is 17.3. The van der Waals surface area contributed by atoms with Crippen LogP contribution in [0.5, 0.6) is 0 Å². The van der Waals surface area contributed by atoms with Crippen LogP contribution in [-0.4, -0.2) is 11.1 Å². The minimum atomic E-state index is -4.46. The second-order valence-corrected chi connectivity index (χ2v) is 6.56. The van der Waals surface area contributed by atoms with Crippen LogP contribution in [0.4, 0.5) is 18.9 Å². The van der Waals surface area contributed by atoms with Gasteiger partial charge in [0.25, 0.3) is 0 Å². The van der Waals surface area contributed by atoms with Crippen molar-refractivity contribution >= 4 is 11.6 Å². The maximum Gasteiger partial charge on any atom is 0.416 e. The van der Waals surface area contributed by atoms with Crippen molar-refractivity contribution in [1.82, 2.24) is 5.16 Å². The van der Waals surface area contributed by atoms with Gasteiger partial charge in [-0.3, -0.25) is 4.79 Å². The van der Waals surface area contributed by atoms with Gasteiger partial charge in [0, 0.05) is 17.3 Å². The van der Waals surface area contributed by atoms with Crippen LogP contribution in [0.2, 0.25) is 0 Å². The molecule has 0 radical (unpaired) electrons. The van der Waals surface area contributed by atoms with Crippen LogP contribution in [0.15, 0.2) is 65.2 Å². The highest BCUT2D eigenvalue weighted by molar-refractivity contribution is 6.01. The van der Waals surface area contributed by atoms with Crippen molar-refractivity contribution in [2.75, 3.05) is 5.32 Å². The standard InChI is InChI=1S/C20H15F3N2O2/c21-20(22,23)14-7-4-8-15(11-14)24-18(26)19(9-10-19)17-12-16(27-25-17)13-5-2-1-3-6-13/h1-8,11-12H,9-10H2,(H,24,26). The van der Waals surface area contributed by atoms with Gasteiger partial charge in [0.05, 0.1) is 16.7 Å². The van der Waals surface area contributed by atoms with E-state index in [9.17, 15) is 18.0 Å². The van der Waals surface area contributed by atoms with E-state index >= 15 is 0 Å². The summed E-state index contributed by atoms with van der Waals surface area (Å²) in [4.78, 5) is 12.7. The Labute approximate surface area is 153 Å². The van der Waals surface area contributed by atoms with Crippen LogP contribution in [0, 0.1) is 0 Å². The molecule has 0 atom stereocenters. The number of carbonyl (C=O) groups excluding carboxylic acids is 1. The number of rotatable bonds is 4. The number of amides is 1. The maximum atomic E-state index is 12.8. The SMILES string of the molecule is O=C(Nc1cccc(C(F)(F)F)c1)C1(c2cc(-c3ccccc3)on2)CC1. The molecule has 138 valence electrons. The molecule has 1 heterocycles. The van der Waals surface area contributed by atoms with Crippen LogP contribution >= 0.6 is 0 Å². The lowest BCUT2D eigenvalue weighted by molar-refractivity contribution is -0.137. The summed E-state index contributed by atoms with van der Waals surface area (Å²) < 4.78 is 43.9. The predicted molar refractivity (Wildman–Crippen MR) is 92.9 cm³/mol. The highest BCUT2D eigenvalue weighted by Crippen LogP contribution is 2.49. The molecular formula is C20H15F3N2O2. The van der Waals surface area contributed by atoms with E-state index < -0.39 is 17.2 Å². The molecule has 0 saturated heterocycles. The maximum absolute atomic E-state index is 12.8. The number of alkyl halides is 3. The Bertz CT molecular complexity index is 976. The van der Waals surface area contributed by atoms with Gasteiger partial charge in [-0.2, -0.15) is 13.2 Å². The fraction of sp³-hybridized carbons (Fsp3) is 0.200. The lowest BCUT2D eigenvalue weighted by Gasteiger charge is -2.14. The summed E-state index contributed by atoms with van der Waals surface area (Å²) >= 11 is 0. The molecule has 1 amide bonds. The molecule has 27 heavy (non-hydrogen) atoms. The van der Waals surface area contributed by atoms with Crippen LogP contribution in [0.25, 0.3) is 11.3 Å². The lowest BCUT2D eigenvalue weighted by atomic mass is 10.00. The Morgan fingerprint density at radius 1 is 1.04 bits per heavy atom. The Hall–Kier alpha value is -3.09. The van der Waals surface area contributed by atoms with E-state index in [0.717, 1.165) is 17.7 Å². The molecule has 3 aromatic rings. The number of benzene rings is 2. The molecule has 1 aliphatic carbocycles. The zero-order valence-corrected chi connectivity index (χ0v) is 14.1. The van der Waals surface area contributed by atoms with Gasteiger partial charge in [-0.15, -0.1) is 0 Å². The van der Waals surface area contributed by atoms with Gasteiger partial charge < -0.3 is 9.84 Å². The molecule has 0 bridgehead atoms. The molecule has 4 rings (SSSR count). The number of anilines is 1. The van der Waals surface area contributed by atoms with Gasteiger partial charge >= 0.3 is 6.18 Å². The normalized spacial score (nSPS) is 15.4. The first-order valence-electron chi connectivity index (χ1n) is 8.40. The van der Waals surface area contributed by atoms with E-state index in [2.05, 4.69) is 10.5 Å².